The van der Waals surface area contributed by atoms with Gasteiger partial charge in [0.1, 0.15) is 0 Å². The van der Waals surface area contributed by atoms with Gasteiger partial charge in [0, 0.05) is 5.92 Å². The van der Waals surface area contributed by atoms with Gasteiger partial charge in [0.15, 0.2) is 0 Å². The predicted molar refractivity (Wildman–Crippen MR) is 68.6 cm³/mol. The summed E-state index contributed by atoms with van der Waals surface area (Å²) in [5.74, 6) is 0.0580. The third-order valence-corrected chi connectivity index (χ3v) is 2.87. The number of carbonyl (C=O) groups excluding carboxylic acids is 1. The number of nitrogens with one attached hydrogen (secondary N) is 2. The minimum Gasteiger partial charge on any atom is -0.278 e. The Morgan fingerprint density at radius 3 is 2.29 bits per heavy atom. The van der Waals surface area contributed by atoms with Crippen molar-refractivity contribution >= 4 is 15.9 Å². The molecule has 0 aromatic carbocycles. The second kappa shape index (κ2) is 7.66. The van der Waals surface area contributed by atoms with Crippen molar-refractivity contribution in [3.63, 3.8) is 0 Å². The lowest BCUT2D eigenvalue weighted by molar-refractivity contribution is -0.126. The zero-order valence-corrected chi connectivity index (χ0v) is 11.9. The Morgan fingerprint density at radius 1 is 1.29 bits per heavy atom. The first-order valence-electron chi connectivity index (χ1n) is 6.03. The number of hydrazine groups is 1. The molecule has 5 nitrogen and oxygen atoms in total. The Morgan fingerprint density at radius 2 is 1.88 bits per heavy atom. The Kier molecular flexibility index (Phi) is 7.38. The Balaban J connectivity index is 4.31. The average molecular weight is 264 g/mol. The largest absolute Gasteiger partial charge is 0.278 e. The molecule has 1 atom stereocenters. The summed E-state index contributed by atoms with van der Waals surface area (Å²) >= 11 is 0. The van der Waals surface area contributed by atoms with E-state index >= 15 is 0 Å². The van der Waals surface area contributed by atoms with E-state index in [1.807, 2.05) is 4.83 Å². The van der Waals surface area contributed by atoms with Crippen LogP contribution in [0.2, 0.25) is 0 Å². The van der Waals surface area contributed by atoms with Crippen molar-refractivity contribution in [2.24, 2.45) is 11.8 Å². The first kappa shape index (κ1) is 16.4. The molecule has 0 fully saturated rings. The quantitative estimate of drug-likeness (QED) is 0.651. The van der Waals surface area contributed by atoms with Gasteiger partial charge in [0.05, 0.1) is 6.26 Å². The highest BCUT2D eigenvalue weighted by Crippen LogP contribution is 2.18. The molecular weight excluding hydrogens is 240 g/mol. The van der Waals surface area contributed by atoms with Crippen LogP contribution in [0.15, 0.2) is 0 Å². The molecule has 0 aliphatic carbocycles. The molecule has 102 valence electrons. The molecule has 0 saturated heterocycles. The van der Waals surface area contributed by atoms with E-state index in [4.69, 9.17) is 0 Å². The average Bonchev–Trinajstić information content (AvgIpc) is 2.19. The second-order valence-electron chi connectivity index (χ2n) is 4.83. The molecule has 0 aliphatic rings. The van der Waals surface area contributed by atoms with Crippen molar-refractivity contribution < 1.29 is 13.2 Å². The zero-order chi connectivity index (χ0) is 13.5. The van der Waals surface area contributed by atoms with Crippen LogP contribution in [-0.4, -0.2) is 20.6 Å². The van der Waals surface area contributed by atoms with Crippen LogP contribution < -0.4 is 10.3 Å². The topological polar surface area (TPSA) is 75.3 Å². The molecule has 0 saturated carbocycles. The maximum atomic E-state index is 11.8. The Bertz CT molecular complexity index is 326. The molecule has 0 aromatic rings. The number of carbonyl (C=O) groups is 1. The van der Waals surface area contributed by atoms with Gasteiger partial charge in [0.2, 0.25) is 15.9 Å². The van der Waals surface area contributed by atoms with Crippen LogP contribution in [0.5, 0.6) is 0 Å². The van der Waals surface area contributed by atoms with E-state index < -0.39 is 10.0 Å². The summed E-state index contributed by atoms with van der Waals surface area (Å²) in [4.78, 5) is 13.8. The SMILES string of the molecule is CCCCC(CC(C)C)C(=O)NNS(C)(=O)=O. The fourth-order valence-corrected chi connectivity index (χ4v) is 1.91. The highest BCUT2D eigenvalue weighted by Gasteiger charge is 2.19. The summed E-state index contributed by atoms with van der Waals surface area (Å²) in [6, 6.07) is 0. The first-order valence-corrected chi connectivity index (χ1v) is 7.92. The van der Waals surface area contributed by atoms with Crippen LogP contribution in [-0.2, 0) is 14.8 Å². The van der Waals surface area contributed by atoms with E-state index in [0.717, 1.165) is 31.9 Å². The molecule has 0 rings (SSSR count). The van der Waals surface area contributed by atoms with E-state index in [-0.39, 0.29) is 11.8 Å². The fourth-order valence-electron chi connectivity index (χ4n) is 1.62. The third kappa shape index (κ3) is 9.12. The summed E-state index contributed by atoms with van der Waals surface area (Å²) < 4.78 is 21.7. The molecule has 6 heteroatoms. The van der Waals surface area contributed by atoms with E-state index in [9.17, 15) is 13.2 Å². The van der Waals surface area contributed by atoms with Crippen molar-refractivity contribution in [1.82, 2.24) is 10.3 Å². The summed E-state index contributed by atoms with van der Waals surface area (Å²) in [5.41, 5.74) is 2.26. The van der Waals surface area contributed by atoms with E-state index in [2.05, 4.69) is 26.2 Å². The number of amides is 1. The van der Waals surface area contributed by atoms with Gasteiger partial charge in [-0.15, -0.1) is 4.83 Å². The molecule has 0 spiro atoms. The van der Waals surface area contributed by atoms with Gasteiger partial charge < -0.3 is 0 Å². The monoisotopic (exact) mass is 264 g/mol. The number of hydrogen-bond donors (Lipinski definition) is 2. The van der Waals surface area contributed by atoms with Crippen LogP contribution in [0.4, 0.5) is 0 Å². The first-order chi connectivity index (χ1) is 7.76. The van der Waals surface area contributed by atoms with Crippen molar-refractivity contribution in [2.75, 3.05) is 6.26 Å². The molecule has 0 aliphatic heterocycles. The third-order valence-electron chi connectivity index (χ3n) is 2.39. The van der Waals surface area contributed by atoms with E-state index in [0.29, 0.717) is 5.92 Å². The Hall–Kier alpha value is -0.620. The highest BCUT2D eigenvalue weighted by molar-refractivity contribution is 7.88. The van der Waals surface area contributed by atoms with E-state index in [1.54, 1.807) is 0 Å². The van der Waals surface area contributed by atoms with Crippen molar-refractivity contribution in [3.05, 3.63) is 0 Å². The molecule has 0 aromatic heterocycles. The molecule has 0 radical (unpaired) electrons. The van der Waals surface area contributed by atoms with Crippen LogP contribution in [0.3, 0.4) is 0 Å². The van der Waals surface area contributed by atoms with Crippen LogP contribution in [0.25, 0.3) is 0 Å². The maximum Gasteiger partial charge on any atom is 0.238 e. The molecule has 1 unspecified atom stereocenters. The fraction of sp³-hybridized carbons (Fsp3) is 0.909. The lowest BCUT2D eigenvalue weighted by Gasteiger charge is -2.18. The van der Waals surface area contributed by atoms with Gasteiger partial charge in [-0.05, 0) is 18.8 Å². The van der Waals surface area contributed by atoms with Gasteiger partial charge in [-0.2, -0.15) is 0 Å². The van der Waals surface area contributed by atoms with Crippen LogP contribution in [0, 0.1) is 11.8 Å². The van der Waals surface area contributed by atoms with Gasteiger partial charge >= 0.3 is 0 Å². The molecule has 1 amide bonds. The molecule has 17 heavy (non-hydrogen) atoms. The smallest absolute Gasteiger partial charge is 0.238 e. The normalized spacial score (nSPS) is 13.7. The lowest BCUT2D eigenvalue weighted by Crippen LogP contribution is -2.44. The summed E-state index contributed by atoms with van der Waals surface area (Å²) in [6.07, 6.45) is 4.59. The maximum absolute atomic E-state index is 11.8. The van der Waals surface area contributed by atoms with Gasteiger partial charge in [0.25, 0.3) is 0 Å². The molecule has 0 bridgehead atoms. The minimum atomic E-state index is -3.38. The molecule has 0 heterocycles. The zero-order valence-electron chi connectivity index (χ0n) is 11.1. The second-order valence-corrected chi connectivity index (χ2v) is 6.58. The summed E-state index contributed by atoms with van der Waals surface area (Å²) in [6.45, 7) is 6.17. The number of unbranched alkanes of at least 4 members (excludes halogenated alkanes) is 1. The van der Waals surface area contributed by atoms with Crippen molar-refractivity contribution in [2.45, 2.75) is 46.5 Å². The summed E-state index contributed by atoms with van der Waals surface area (Å²) in [5, 5.41) is 0. The predicted octanol–water partition coefficient (Wildman–Crippen LogP) is 1.42. The Labute approximate surface area is 104 Å². The molecular formula is C11H24N2O3S. The van der Waals surface area contributed by atoms with Gasteiger partial charge in [-0.25, -0.2) is 8.42 Å². The van der Waals surface area contributed by atoms with E-state index in [1.165, 1.54) is 0 Å². The van der Waals surface area contributed by atoms with Gasteiger partial charge in [-0.3, -0.25) is 10.2 Å². The standard InChI is InChI=1S/C11H24N2O3S/c1-5-6-7-10(8-9(2)3)11(14)12-13-17(4,15)16/h9-10,13H,5-8H2,1-4H3,(H,12,14). The van der Waals surface area contributed by atoms with Crippen molar-refractivity contribution in [1.29, 1.82) is 0 Å². The minimum absolute atomic E-state index is 0.121. The molecule has 2 N–H and O–H groups in total. The van der Waals surface area contributed by atoms with Crippen molar-refractivity contribution in [3.8, 4) is 0 Å². The lowest BCUT2D eigenvalue weighted by atomic mass is 9.92. The number of rotatable bonds is 8. The summed E-state index contributed by atoms with van der Waals surface area (Å²) in [7, 11) is -3.38. The van der Waals surface area contributed by atoms with Crippen LogP contribution >= 0.6 is 0 Å². The van der Waals surface area contributed by atoms with Gasteiger partial charge in [-0.1, -0.05) is 33.6 Å². The number of hydrogen-bond acceptors (Lipinski definition) is 3. The van der Waals surface area contributed by atoms with Crippen LogP contribution in [0.1, 0.15) is 46.5 Å². The number of sulfonamides is 1. The highest BCUT2D eigenvalue weighted by atomic mass is 32.2.